The molecule has 5 nitrogen and oxygen atoms in total. The van der Waals surface area contributed by atoms with E-state index in [1.807, 2.05) is 6.07 Å². The van der Waals surface area contributed by atoms with Crippen molar-refractivity contribution in [1.29, 1.82) is 0 Å². The number of amides is 1. The Morgan fingerprint density at radius 3 is 2.41 bits per heavy atom. The number of benzene rings is 2. The molecule has 22 heavy (non-hydrogen) atoms. The van der Waals surface area contributed by atoms with Gasteiger partial charge in [0, 0.05) is 5.56 Å². The number of hydrogen-bond donors (Lipinski definition) is 3. The standard InChI is InChI=1S/C17H17NO4/c1-11-7-8-13(9-15(11)19)17(22)18-14(10-16(20)21)12-5-3-2-4-6-12/h2-9,14,19H,10H2,1H3,(H,18,22)(H,20,21). The topological polar surface area (TPSA) is 86.6 Å². The molecule has 0 heterocycles. The third kappa shape index (κ3) is 3.85. The highest BCUT2D eigenvalue weighted by molar-refractivity contribution is 5.95. The minimum absolute atomic E-state index is 0.0298. The van der Waals surface area contributed by atoms with Gasteiger partial charge in [-0.2, -0.15) is 0 Å². The summed E-state index contributed by atoms with van der Waals surface area (Å²) in [5.41, 5.74) is 1.67. The monoisotopic (exact) mass is 299 g/mol. The van der Waals surface area contributed by atoms with Crippen LogP contribution in [0, 0.1) is 6.92 Å². The Balaban J connectivity index is 2.21. The molecule has 0 radical (unpaired) electrons. The van der Waals surface area contributed by atoms with Crippen LogP contribution in [0.5, 0.6) is 5.75 Å². The summed E-state index contributed by atoms with van der Waals surface area (Å²) in [4.78, 5) is 23.3. The first-order chi connectivity index (χ1) is 10.5. The fourth-order valence-corrected chi connectivity index (χ4v) is 2.10. The summed E-state index contributed by atoms with van der Waals surface area (Å²) < 4.78 is 0. The summed E-state index contributed by atoms with van der Waals surface area (Å²) in [6.07, 6.45) is -0.215. The SMILES string of the molecule is Cc1ccc(C(=O)NC(CC(=O)O)c2ccccc2)cc1O. The summed E-state index contributed by atoms with van der Waals surface area (Å²) in [6.45, 7) is 1.73. The van der Waals surface area contributed by atoms with Gasteiger partial charge in [0.2, 0.25) is 0 Å². The number of aryl methyl sites for hydroxylation is 1. The molecule has 2 aromatic carbocycles. The van der Waals surface area contributed by atoms with Crippen molar-refractivity contribution < 1.29 is 19.8 Å². The normalized spacial score (nSPS) is 11.7. The number of nitrogens with one attached hydrogen (secondary N) is 1. The lowest BCUT2D eigenvalue weighted by Gasteiger charge is -2.17. The van der Waals surface area contributed by atoms with Crippen LogP contribution in [-0.2, 0) is 4.79 Å². The highest BCUT2D eigenvalue weighted by Crippen LogP contribution is 2.20. The average Bonchev–Trinajstić information content (AvgIpc) is 2.49. The van der Waals surface area contributed by atoms with Crippen molar-refractivity contribution in [3.05, 3.63) is 65.2 Å². The lowest BCUT2D eigenvalue weighted by molar-refractivity contribution is -0.137. The van der Waals surface area contributed by atoms with Crippen molar-refractivity contribution in [1.82, 2.24) is 5.32 Å². The van der Waals surface area contributed by atoms with E-state index >= 15 is 0 Å². The predicted octanol–water partition coefficient (Wildman–Crippen LogP) is 2.65. The molecule has 1 atom stereocenters. The molecule has 0 aliphatic carbocycles. The van der Waals surface area contributed by atoms with E-state index in [1.54, 1.807) is 43.3 Å². The highest BCUT2D eigenvalue weighted by Gasteiger charge is 2.19. The second kappa shape index (κ2) is 6.76. The zero-order chi connectivity index (χ0) is 16.1. The molecule has 0 aliphatic heterocycles. The number of phenols is 1. The molecule has 114 valence electrons. The number of carbonyl (C=O) groups is 2. The van der Waals surface area contributed by atoms with Crippen molar-refractivity contribution in [2.24, 2.45) is 0 Å². The van der Waals surface area contributed by atoms with E-state index in [-0.39, 0.29) is 17.7 Å². The fraction of sp³-hybridized carbons (Fsp3) is 0.176. The lowest BCUT2D eigenvalue weighted by Crippen LogP contribution is -2.30. The molecule has 2 aromatic rings. The molecule has 0 saturated heterocycles. The van der Waals surface area contributed by atoms with Crippen LogP contribution in [0.2, 0.25) is 0 Å². The molecule has 0 fully saturated rings. The number of aliphatic carboxylic acids is 1. The van der Waals surface area contributed by atoms with Gasteiger partial charge in [0.05, 0.1) is 12.5 Å². The Morgan fingerprint density at radius 2 is 1.82 bits per heavy atom. The van der Waals surface area contributed by atoms with E-state index < -0.39 is 17.9 Å². The Morgan fingerprint density at radius 1 is 1.14 bits per heavy atom. The second-order valence-corrected chi connectivity index (χ2v) is 5.04. The number of carboxylic acid groups (broad SMARTS) is 1. The maximum Gasteiger partial charge on any atom is 0.305 e. The summed E-state index contributed by atoms with van der Waals surface area (Å²) in [6, 6.07) is 12.9. The highest BCUT2D eigenvalue weighted by atomic mass is 16.4. The van der Waals surface area contributed by atoms with E-state index in [0.717, 1.165) is 5.56 Å². The van der Waals surface area contributed by atoms with Crippen LogP contribution in [0.15, 0.2) is 48.5 Å². The van der Waals surface area contributed by atoms with Crippen molar-refractivity contribution >= 4 is 11.9 Å². The van der Waals surface area contributed by atoms with Crippen LogP contribution in [0.25, 0.3) is 0 Å². The van der Waals surface area contributed by atoms with Crippen molar-refractivity contribution in [3.8, 4) is 5.75 Å². The summed E-state index contributed by atoms with van der Waals surface area (Å²) in [5.74, 6) is -1.39. The molecule has 0 saturated carbocycles. The summed E-state index contributed by atoms with van der Waals surface area (Å²) in [7, 11) is 0. The van der Waals surface area contributed by atoms with Crippen LogP contribution in [-0.4, -0.2) is 22.1 Å². The molecule has 5 heteroatoms. The van der Waals surface area contributed by atoms with Gasteiger partial charge in [-0.1, -0.05) is 36.4 Å². The van der Waals surface area contributed by atoms with Gasteiger partial charge in [-0.05, 0) is 30.2 Å². The number of hydrogen-bond acceptors (Lipinski definition) is 3. The van der Waals surface area contributed by atoms with Gasteiger partial charge in [0.25, 0.3) is 5.91 Å². The first-order valence-corrected chi connectivity index (χ1v) is 6.84. The van der Waals surface area contributed by atoms with Crippen LogP contribution < -0.4 is 5.32 Å². The zero-order valence-electron chi connectivity index (χ0n) is 12.1. The van der Waals surface area contributed by atoms with Gasteiger partial charge in [-0.3, -0.25) is 9.59 Å². The van der Waals surface area contributed by atoms with Crippen molar-refractivity contribution in [2.75, 3.05) is 0 Å². The molecule has 2 rings (SSSR count). The van der Waals surface area contributed by atoms with Crippen LogP contribution in [0.1, 0.15) is 33.9 Å². The predicted molar refractivity (Wildman–Crippen MR) is 81.7 cm³/mol. The average molecular weight is 299 g/mol. The molecule has 1 unspecified atom stereocenters. The van der Waals surface area contributed by atoms with Gasteiger partial charge in [-0.25, -0.2) is 0 Å². The number of rotatable bonds is 5. The smallest absolute Gasteiger partial charge is 0.305 e. The maximum atomic E-state index is 12.3. The molecule has 0 aromatic heterocycles. The third-order valence-corrected chi connectivity index (χ3v) is 3.36. The molecule has 1 amide bonds. The Kier molecular flexibility index (Phi) is 4.78. The Hall–Kier alpha value is -2.82. The van der Waals surface area contributed by atoms with Gasteiger partial charge in [0.1, 0.15) is 5.75 Å². The molecule has 0 spiro atoms. The first-order valence-electron chi connectivity index (χ1n) is 6.84. The quantitative estimate of drug-likeness (QED) is 0.792. The molecule has 0 bridgehead atoms. The van der Waals surface area contributed by atoms with Gasteiger partial charge < -0.3 is 15.5 Å². The van der Waals surface area contributed by atoms with E-state index in [4.69, 9.17) is 5.11 Å². The molecule has 3 N–H and O–H groups in total. The van der Waals surface area contributed by atoms with E-state index in [1.165, 1.54) is 6.07 Å². The van der Waals surface area contributed by atoms with Gasteiger partial charge in [0.15, 0.2) is 0 Å². The number of carbonyl (C=O) groups excluding carboxylic acids is 1. The first kappa shape index (κ1) is 15.6. The van der Waals surface area contributed by atoms with Crippen molar-refractivity contribution in [3.63, 3.8) is 0 Å². The lowest BCUT2D eigenvalue weighted by atomic mass is 10.0. The molecular formula is C17H17NO4. The van der Waals surface area contributed by atoms with Crippen LogP contribution in [0.4, 0.5) is 0 Å². The van der Waals surface area contributed by atoms with E-state index in [2.05, 4.69) is 5.32 Å². The molecule has 0 aliphatic rings. The number of carboxylic acids is 1. The Bertz CT molecular complexity index is 682. The largest absolute Gasteiger partial charge is 0.508 e. The number of aromatic hydroxyl groups is 1. The third-order valence-electron chi connectivity index (χ3n) is 3.36. The van der Waals surface area contributed by atoms with Crippen LogP contribution in [0.3, 0.4) is 0 Å². The fourth-order valence-electron chi connectivity index (χ4n) is 2.10. The minimum atomic E-state index is -0.999. The summed E-state index contributed by atoms with van der Waals surface area (Å²) in [5, 5.41) is 21.4. The Labute approximate surface area is 128 Å². The van der Waals surface area contributed by atoms with Crippen molar-refractivity contribution in [2.45, 2.75) is 19.4 Å². The van der Waals surface area contributed by atoms with E-state index in [0.29, 0.717) is 5.56 Å². The zero-order valence-corrected chi connectivity index (χ0v) is 12.1. The molecular weight excluding hydrogens is 282 g/mol. The number of phenolic OH excluding ortho intramolecular Hbond substituents is 1. The minimum Gasteiger partial charge on any atom is -0.508 e. The van der Waals surface area contributed by atoms with E-state index in [9.17, 15) is 14.7 Å². The maximum absolute atomic E-state index is 12.3. The van der Waals surface area contributed by atoms with Crippen LogP contribution >= 0.6 is 0 Å². The van der Waals surface area contributed by atoms with Gasteiger partial charge in [-0.15, -0.1) is 0 Å². The second-order valence-electron chi connectivity index (χ2n) is 5.04. The summed E-state index contributed by atoms with van der Waals surface area (Å²) >= 11 is 0. The van der Waals surface area contributed by atoms with Gasteiger partial charge >= 0.3 is 5.97 Å².